The monoisotopic (exact) mass is 117 g/mol. The summed E-state index contributed by atoms with van der Waals surface area (Å²) >= 11 is 0. The predicted octanol–water partition coefficient (Wildman–Crippen LogP) is 1.84. The van der Waals surface area contributed by atoms with E-state index in [1.54, 1.807) is 0 Å². The number of hydrogen-bond acceptors (Lipinski definition) is 1. The van der Waals surface area contributed by atoms with E-state index in [-0.39, 0.29) is 0 Å². The number of nitrogens with zero attached hydrogens (tertiary/aromatic N) is 1. The van der Waals surface area contributed by atoms with Crippen molar-refractivity contribution in [3.8, 4) is 0 Å². The number of fused-ring (bicyclic) bond motifs is 1. The van der Waals surface area contributed by atoms with Crippen LogP contribution in [0, 0.1) is 0 Å². The van der Waals surface area contributed by atoms with E-state index in [1.165, 1.54) is 11.3 Å². The molecule has 0 N–H and O–H groups in total. The molecule has 0 bridgehead atoms. The molecule has 1 aliphatic heterocycles. The van der Waals surface area contributed by atoms with Gasteiger partial charge < -0.3 is 0 Å². The Labute approximate surface area is 54.1 Å². The fourth-order valence-electron chi connectivity index (χ4n) is 0.838. The van der Waals surface area contributed by atoms with Crippen molar-refractivity contribution in [3.05, 3.63) is 36.1 Å². The lowest BCUT2D eigenvalue weighted by Crippen LogP contribution is -1.63. The van der Waals surface area contributed by atoms with Crippen LogP contribution in [0.3, 0.4) is 0 Å². The van der Waals surface area contributed by atoms with E-state index in [1.807, 2.05) is 24.4 Å². The van der Waals surface area contributed by atoms with Crippen LogP contribution >= 0.6 is 0 Å². The van der Waals surface area contributed by atoms with Crippen LogP contribution in [0.5, 0.6) is 0 Å². The zero-order valence-corrected chi connectivity index (χ0v) is 5.04. The summed E-state index contributed by atoms with van der Waals surface area (Å²) < 4.78 is 0. The third-order valence-electron chi connectivity index (χ3n) is 1.44. The lowest BCUT2D eigenvalue weighted by Gasteiger charge is -1.76. The van der Waals surface area contributed by atoms with E-state index >= 15 is 0 Å². The van der Waals surface area contributed by atoms with E-state index in [0.717, 1.165) is 6.42 Å². The van der Waals surface area contributed by atoms with Gasteiger partial charge >= 0.3 is 0 Å². The van der Waals surface area contributed by atoms with Crippen LogP contribution < -0.4 is 0 Å². The summed E-state index contributed by atoms with van der Waals surface area (Å²) in [5.41, 5.74) is 2.63. The molecule has 2 aliphatic rings. The highest BCUT2D eigenvalue weighted by atomic mass is 14.7. The van der Waals surface area contributed by atoms with Gasteiger partial charge in [0.1, 0.15) is 0 Å². The van der Waals surface area contributed by atoms with Crippen molar-refractivity contribution in [1.29, 1.82) is 0 Å². The van der Waals surface area contributed by atoms with Gasteiger partial charge in [0.05, 0.1) is 0 Å². The Balaban J connectivity index is 2.37. The largest absolute Gasteiger partial charge is 0.261 e. The van der Waals surface area contributed by atoms with E-state index < -0.39 is 0 Å². The Morgan fingerprint density at radius 1 is 1.22 bits per heavy atom. The third-order valence-corrected chi connectivity index (χ3v) is 1.44. The van der Waals surface area contributed by atoms with E-state index in [9.17, 15) is 0 Å². The van der Waals surface area contributed by atoms with Crippen molar-refractivity contribution in [2.75, 3.05) is 0 Å². The second-order valence-electron chi connectivity index (χ2n) is 2.17. The predicted molar refractivity (Wildman–Crippen MR) is 38.4 cm³/mol. The van der Waals surface area contributed by atoms with E-state index in [0.29, 0.717) is 0 Å². The number of aliphatic imine (C=N–C) groups is 1. The molecule has 2 rings (SSSR count). The second kappa shape index (κ2) is 1.69. The molecule has 0 amide bonds. The van der Waals surface area contributed by atoms with Gasteiger partial charge in [-0.1, -0.05) is 18.2 Å². The lowest BCUT2D eigenvalue weighted by molar-refractivity contribution is 1.57. The number of hydrogen-bond donors (Lipinski definition) is 0. The average molecular weight is 117 g/mol. The SMILES string of the molecule is C1=CC=C2CC2=NC=C1. The summed E-state index contributed by atoms with van der Waals surface area (Å²) in [5.74, 6) is 0. The minimum Gasteiger partial charge on any atom is -0.261 e. The molecule has 0 radical (unpaired) electrons. The third kappa shape index (κ3) is 0.854. The fourth-order valence-corrected chi connectivity index (χ4v) is 0.838. The van der Waals surface area contributed by atoms with Crippen LogP contribution in [-0.2, 0) is 0 Å². The molecule has 0 unspecified atom stereocenters. The molecule has 0 atom stereocenters. The molecule has 0 spiro atoms. The van der Waals surface area contributed by atoms with Crippen molar-refractivity contribution in [2.45, 2.75) is 6.42 Å². The Kier molecular flexibility index (Phi) is 0.890. The van der Waals surface area contributed by atoms with Gasteiger partial charge in [0, 0.05) is 18.3 Å². The molecule has 1 heterocycles. The zero-order chi connectivity index (χ0) is 6.10. The first-order valence-corrected chi connectivity index (χ1v) is 3.06. The van der Waals surface area contributed by atoms with Crippen LogP contribution in [0.25, 0.3) is 0 Å². The molecule has 0 aromatic carbocycles. The summed E-state index contributed by atoms with van der Waals surface area (Å²) in [5, 5.41) is 0. The summed E-state index contributed by atoms with van der Waals surface area (Å²) in [6, 6.07) is 0. The highest BCUT2D eigenvalue weighted by molar-refractivity contribution is 6.18. The first kappa shape index (κ1) is 4.74. The standard InChI is InChI=1S/C8H7N/c1-2-4-7-6-8(7)9-5-3-1/h1-5H,6H2. The van der Waals surface area contributed by atoms with Gasteiger partial charge in [0.15, 0.2) is 0 Å². The fraction of sp³-hybridized carbons (Fsp3) is 0.125. The Bertz CT molecular complexity index is 215. The summed E-state index contributed by atoms with van der Waals surface area (Å²) in [6.07, 6.45) is 11.0. The summed E-state index contributed by atoms with van der Waals surface area (Å²) in [6.45, 7) is 0. The smallest absolute Gasteiger partial charge is 0.0483 e. The Morgan fingerprint density at radius 3 is 3.22 bits per heavy atom. The maximum absolute atomic E-state index is 4.17. The van der Waals surface area contributed by atoms with Crippen molar-refractivity contribution >= 4 is 5.71 Å². The molecule has 9 heavy (non-hydrogen) atoms. The summed E-state index contributed by atoms with van der Waals surface area (Å²) in [7, 11) is 0. The van der Waals surface area contributed by atoms with Crippen LogP contribution in [0.2, 0.25) is 0 Å². The number of rotatable bonds is 0. The van der Waals surface area contributed by atoms with Gasteiger partial charge in [-0.25, -0.2) is 0 Å². The molecule has 1 aliphatic carbocycles. The number of allylic oxidation sites excluding steroid dienone is 5. The highest BCUT2D eigenvalue weighted by Gasteiger charge is 2.21. The minimum atomic E-state index is 1.09. The Morgan fingerprint density at radius 2 is 2.22 bits per heavy atom. The highest BCUT2D eigenvalue weighted by Crippen LogP contribution is 2.25. The summed E-state index contributed by atoms with van der Waals surface area (Å²) in [4.78, 5) is 4.17. The van der Waals surface area contributed by atoms with Gasteiger partial charge in [0.2, 0.25) is 0 Å². The molecule has 0 saturated heterocycles. The molecule has 0 aromatic heterocycles. The van der Waals surface area contributed by atoms with E-state index in [2.05, 4.69) is 11.1 Å². The maximum atomic E-state index is 4.17. The van der Waals surface area contributed by atoms with Crippen LogP contribution in [0.15, 0.2) is 41.1 Å². The molecule has 1 fully saturated rings. The van der Waals surface area contributed by atoms with Crippen LogP contribution in [-0.4, -0.2) is 5.71 Å². The van der Waals surface area contributed by atoms with Crippen molar-refractivity contribution in [3.63, 3.8) is 0 Å². The first-order chi connectivity index (χ1) is 4.47. The van der Waals surface area contributed by atoms with Crippen LogP contribution in [0.1, 0.15) is 6.42 Å². The molecule has 1 nitrogen and oxygen atoms in total. The van der Waals surface area contributed by atoms with Crippen LogP contribution in [0.4, 0.5) is 0 Å². The Hall–Kier alpha value is -1.11. The zero-order valence-electron chi connectivity index (χ0n) is 5.04. The minimum absolute atomic E-state index is 1.09. The molecule has 1 heteroatoms. The lowest BCUT2D eigenvalue weighted by atomic mass is 10.4. The molecular weight excluding hydrogens is 110 g/mol. The van der Waals surface area contributed by atoms with Gasteiger partial charge in [-0.2, -0.15) is 0 Å². The molecule has 44 valence electrons. The van der Waals surface area contributed by atoms with Crippen molar-refractivity contribution in [1.82, 2.24) is 0 Å². The van der Waals surface area contributed by atoms with Gasteiger partial charge in [0.25, 0.3) is 0 Å². The topological polar surface area (TPSA) is 12.4 Å². The quantitative estimate of drug-likeness (QED) is 0.459. The first-order valence-electron chi connectivity index (χ1n) is 3.06. The second-order valence-corrected chi connectivity index (χ2v) is 2.17. The van der Waals surface area contributed by atoms with Crippen molar-refractivity contribution in [2.24, 2.45) is 4.99 Å². The maximum Gasteiger partial charge on any atom is 0.0483 e. The van der Waals surface area contributed by atoms with E-state index in [4.69, 9.17) is 0 Å². The molecular formula is C8H7N. The average Bonchev–Trinajstić information content (AvgIpc) is 2.46. The normalized spacial score (nSPS) is 21.3. The van der Waals surface area contributed by atoms with Crippen molar-refractivity contribution < 1.29 is 0 Å². The van der Waals surface area contributed by atoms with Gasteiger partial charge in [-0.05, 0) is 11.6 Å². The molecule has 0 aromatic rings. The van der Waals surface area contributed by atoms with Gasteiger partial charge in [-0.3, -0.25) is 4.99 Å². The van der Waals surface area contributed by atoms with Gasteiger partial charge in [-0.15, -0.1) is 0 Å². The molecule has 1 saturated carbocycles.